The van der Waals surface area contributed by atoms with E-state index in [1.165, 1.54) is 24.3 Å². The predicted molar refractivity (Wildman–Crippen MR) is 175 cm³/mol. The van der Waals surface area contributed by atoms with Crippen LogP contribution in [0.4, 0.5) is 0 Å². The molecule has 0 saturated heterocycles. The zero-order chi connectivity index (χ0) is 31.2. The van der Waals surface area contributed by atoms with Gasteiger partial charge in [0.1, 0.15) is 15.4 Å². The van der Waals surface area contributed by atoms with Gasteiger partial charge in [-0.25, -0.2) is 16.8 Å². The summed E-state index contributed by atoms with van der Waals surface area (Å²) < 4.78 is 59.4. The van der Waals surface area contributed by atoms with Gasteiger partial charge in [-0.1, -0.05) is 96.1 Å². The first kappa shape index (κ1) is 29.6. The Morgan fingerprint density at radius 2 is 1.16 bits per heavy atom. The quantitative estimate of drug-likeness (QED) is 0.296. The van der Waals surface area contributed by atoms with E-state index in [0.717, 1.165) is 32.6 Å². The molecule has 222 valence electrons. The first-order valence-electron chi connectivity index (χ1n) is 13.7. The molecule has 0 saturated carbocycles. The van der Waals surface area contributed by atoms with Crippen molar-refractivity contribution in [3.05, 3.63) is 156 Å². The SMILES string of the molecule is Cc1ccc(C=c2sc3n(c2=O)C(N)=C(S(=O)(=O)c2ccccc2)C(c2ccc(C)cc2)C=3S(=O)(=O)c2ccccc2)cc1. The number of benzene rings is 4. The van der Waals surface area contributed by atoms with E-state index in [1.807, 2.05) is 38.1 Å². The molecule has 1 aliphatic heterocycles. The fourth-order valence-corrected chi connectivity index (χ4v) is 10.2. The fourth-order valence-electron chi connectivity index (χ4n) is 5.26. The highest BCUT2D eigenvalue weighted by atomic mass is 32.2. The molecule has 1 aliphatic rings. The van der Waals surface area contributed by atoms with Crippen molar-refractivity contribution < 1.29 is 16.8 Å². The van der Waals surface area contributed by atoms with E-state index in [9.17, 15) is 21.6 Å². The van der Waals surface area contributed by atoms with Crippen molar-refractivity contribution in [1.82, 2.24) is 4.57 Å². The van der Waals surface area contributed by atoms with Crippen molar-refractivity contribution in [3.8, 4) is 0 Å². The van der Waals surface area contributed by atoms with Crippen LogP contribution >= 0.6 is 11.3 Å². The molecule has 0 aliphatic carbocycles. The van der Waals surface area contributed by atoms with E-state index in [0.29, 0.717) is 5.56 Å². The van der Waals surface area contributed by atoms with Crippen LogP contribution in [0.5, 0.6) is 0 Å². The molecule has 1 unspecified atom stereocenters. The Balaban J connectivity index is 1.80. The Morgan fingerprint density at radius 3 is 1.68 bits per heavy atom. The highest BCUT2D eigenvalue weighted by molar-refractivity contribution is 8.00. The molecule has 0 fully saturated rings. The second kappa shape index (κ2) is 11.2. The van der Waals surface area contributed by atoms with Crippen LogP contribution in [0.25, 0.3) is 16.8 Å². The Kier molecular flexibility index (Phi) is 7.53. The molecule has 6 rings (SSSR count). The zero-order valence-electron chi connectivity index (χ0n) is 23.8. The molecule has 0 radical (unpaired) electrons. The summed E-state index contributed by atoms with van der Waals surface area (Å²) in [6.07, 6.45) is 1.66. The molecular formula is C34H28N2O5S3. The average Bonchev–Trinajstić information content (AvgIpc) is 3.34. The first-order valence-corrected chi connectivity index (χ1v) is 17.5. The van der Waals surface area contributed by atoms with Crippen molar-refractivity contribution in [2.24, 2.45) is 5.73 Å². The van der Waals surface area contributed by atoms with Crippen molar-refractivity contribution in [2.45, 2.75) is 29.6 Å². The van der Waals surface area contributed by atoms with Gasteiger partial charge in [0.25, 0.3) is 5.56 Å². The lowest BCUT2D eigenvalue weighted by atomic mass is 9.96. The van der Waals surface area contributed by atoms with Gasteiger partial charge in [0.2, 0.25) is 19.7 Å². The Morgan fingerprint density at radius 1 is 0.682 bits per heavy atom. The lowest BCUT2D eigenvalue weighted by Gasteiger charge is -2.29. The lowest BCUT2D eigenvalue weighted by Crippen LogP contribution is -2.41. The van der Waals surface area contributed by atoms with E-state index in [2.05, 4.69) is 0 Å². The molecule has 10 heteroatoms. The largest absolute Gasteiger partial charge is 0.384 e. The highest BCUT2D eigenvalue weighted by Crippen LogP contribution is 2.45. The summed E-state index contributed by atoms with van der Waals surface area (Å²) in [5.41, 5.74) is 9.18. The van der Waals surface area contributed by atoms with Gasteiger partial charge < -0.3 is 5.73 Å². The topological polar surface area (TPSA) is 116 Å². The third kappa shape index (κ3) is 5.04. The monoisotopic (exact) mass is 640 g/mol. The van der Waals surface area contributed by atoms with E-state index in [-0.39, 0.29) is 34.6 Å². The van der Waals surface area contributed by atoms with Crippen LogP contribution in [0.1, 0.15) is 28.2 Å². The highest BCUT2D eigenvalue weighted by Gasteiger charge is 2.44. The Bertz CT molecular complexity index is 2320. The molecule has 7 nitrogen and oxygen atoms in total. The first-order chi connectivity index (χ1) is 21.0. The van der Waals surface area contributed by atoms with E-state index >= 15 is 0 Å². The average molecular weight is 641 g/mol. The zero-order valence-corrected chi connectivity index (χ0v) is 26.3. The summed E-state index contributed by atoms with van der Waals surface area (Å²) in [5, 5.41) is 0. The van der Waals surface area contributed by atoms with Crippen molar-refractivity contribution >= 4 is 47.8 Å². The summed E-state index contributed by atoms with van der Waals surface area (Å²) in [5.74, 6) is -1.65. The second-order valence-corrected chi connectivity index (χ2v) is 15.4. The standard InChI is InChI=1S/C34H28N2O5S3/c1-22-13-17-24(18-14-22)21-28-33(37)36-32(35)30(43(38,39)26-9-5-3-6-10-26)29(25-19-15-23(2)16-20-25)31(34(36)42-28)44(40,41)27-11-7-4-8-12-27/h3-21,29H,35H2,1-2H3. The van der Waals surface area contributed by atoms with Crippen LogP contribution in [0.2, 0.25) is 0 Å². The van der Waals surface area contributed by atoms with Crippen molar-refractivity contribution in [2.75, 3.05) is 0 Å². The molecule has 2 heterocycles. The van der Waals surface area contributed by atoms with Gasteiger partial charge in [-0.3, -0.25) is 9.36 Å². The van der Waals surface area contributed by atoms with E-state index < -0.39 is 31.2 Å². The number of aromatic nitrogens is 1. The number of fused-ring (bicyclic) bond motifs is 1. The van der Waals surface area contributed by atoms with Gasteiger partial charge in [0, 0.05) is 0 Å². The molecule has 1 atom stereocenters. The molecule has 4 aromatic carbocycles. The maximum absolute atomic E-state index is 14.6. The van der Waals surface area contributed by atoms with Gasteiger partial charge >= 0.3 is 0 Å². The number of sulfone groups is 2. The van der Waals surface area contributed by atoms with Crippen molar-refractivity contribution in [3.63, 3.8) is 0 Å². The summed E-state index contributed by atoms with van der Waals surface area (Å²) >= 11 is 0.974. The maximum atomic E-state index is 14.6. The normalized spacial score (nSPS) is 15.8. The minimum Gasteiger partial charge on any atom is -0.384 e. The predicted octanol–water partition coefficient (Wildman–Crippen LogP) is 4.29. The summed E-state index contributed by atoms with van der Waals surface area (Å²) in [6.45, 7) is 3.83. The fraction of sp³-hybridized carbons (Fsp3) is 0.0882. The lowest BCUT2D eigenvalue weighted by molar-refractivity contribution is 0.598. The van der Waals surface area contributed by atoms with E-state index in [4.69, 9.17) is 5.73 Å². The van der Waals surface area contributed by atoms with Crippen LogP contribution in [-0.2, 0) is 19.7 Å². The van der Waals surface area contributed by atoms with Gasteiger partial charge in [-0.15, -0.1) is 11.3 Å². The molecule has 1 aromatic heterocycles. The molecule has 2 N–H and O–H groups in total. The number of allylic oxidation sites excluding steroid dienone is 1. The van der Waals surface area contributed by atoms with Crippen LogP contribution in [0, 0.1) is 13.8 Å². The third-order valence-corrected chi connectivity index (χ3v) is 12.6. The number of thiazole rings is 1. The number of rotatable bonds is 6. The Hall–Kier alpha value is -4.51. The molecule has 0 spiro atoms. The smallest absolute Gasteiger partial charge is 0.274 e. The Labute approximate surface area is 259 Å². The van der Waals surface area contributed by atoms with Crippen LogP contribution in [0.3, 0.4) is 0 Å². The van der Waals surface area contributed by atoms with Gasteiger partial charge in [-0.05, 0) is 55.3 Å². The molecule has 0 amide bonds. The van der Waals surface area contributed by atoms with Crippen LogP contribution < -0.4 is 20.5 Å². The molecular weight excluding hydrogens is 613 g/mol. The van der Waals surface area contributed by atoms with Gasteiger partial charge in [0.05, 0.1) is 25.1 Å². The van der Waals surface area contributed by atoms with Crippen LogP contribution in [-0.4, -0.2) is 21.4 Å². The number of hydrogen-bond donors (Lipinski definition) is 1. The number of nitrogens with two attached hydrogens (primary N) is 1. The minimum atomic E-state index is -4.40. The molecule has 5 aromatic rings. The summed E-state index contributed by atoms with van der Waals surface area (Å²) in [4.78, 5) is 13.3. The van der Waals surface area contributed by atoms with Gasteiger partial charge in [0.15, 0.2) is 0 Å². The number of hydrogen-bond acceptors (Lipinski definition) is 7. The number of nitrogens with zero attached hydrogens (tertiary/aromatic N) is 1. The third-order valence-electron chi connectivity index (χ3n) is 7.52. The number of aryl methyl sites for hydroxylation is 2. The second-order valence-electron chi connectivity index (χ2n) is 10.6. The summed E-state index contributed by atoms with van der Waals surface area (Å²) in [6, 6.07) is 30.0. The van der Waals surface area contributed by atoms with Crippen LogP contribution in [0.15, 0.2) is 129 Å². The van der Waals surface area contributed by atoms with Gasteiger partial charge in [-0.2, -0.15) is 0 Å². The van der Waals surface area contributed by atoms with E-state index in [1.54, 1.807) is 66.7 Å². The van der Waals surface area contributed by atoms with Crippen molar-refractivity contribution in [1.29, 1.82) is 0 Å². The summed E-state index contributed by atoms with van der Waals surface area (Å²) in [7, 11) is -8.77. The molecule has 44 heavy (non-hydrogen) atoms. The molecule has 0 bridgehead atoms. The minimum absolute atomic E-state index is 0.0273. The maximum Gasteiger partial charge on any atom is 0.274 e.